The van der Waals surface area contributed by atoms with Crippen molar-refractivity contribution in [2.24, 2.45) is 0 Å². The molecular formula is C17H23NO6. The predicted molar refractivity (Wildman–Crippen MR) is 86.9 cm³/mol. The van der Waals surface area contributed by atoms with Crippen LogP contribution in [0.2, 0.25) is 0 Å². The molecule has 0 saturated carbocycles. The second kappa shape index (κ2) is 8.91. The van der Waals surface area contributed by atoms with Crippen molar-refractivity contribution in [3.63, 3.8) is 0 Å². The summed E-state index contributed by atoms with van der Waals surface area (Å²) in [7, 11) is 0. The molecule has 1 amide bonds. The van der Waals surface area contributed by atoms with Gasteiger partial charge in [0.25, 0.3) is 0 Å². The molecule has 1 aromatic carbocycles. The van der Waals surface area contributed by atoms with Crippen molar-refractivity contribution >= 4 is 12.0 Å². The standard InChI is InChI=1S/C17H23NO6/c19-10-13-16(22)17(23)15(21)12(24-13)8-9-18-14(20)7-6-11-4-2-1-3-5-11/h1-7,12-13,15-17,19,21-23H,8-10H2,(H,18,20)/b7-6+/t12-,13-,15+,16+,17-/m1/s1. The summed E-state index contributed by atoms with van der Waals surface area (Å²) < 4.78 is 5.36. The van der Waals surface area contributed by atoms with Crippen LogP contribution in [-0.4, -0.2) is 70.0 Å². The number of aliphatic hydroxyl groups is 4. The van der Waals surface area contributed by atoms with Gasteiger partial charge in [0.05, 0.1) is 12.7 Å². The van der Waals surface area contributed by atoms with Gasteiger partial charge in [0, 0.05) is 12.6 Å². The molecule has 5 atom stereocenters. The molecule has 1 aliphatic rings. The van der Waals surface area contributed by atoms with Gasteiger partial charge < -0.3 is 30.5 Å². The van der Waals surface area contributed by atoms with Gasteiger partial charge in [0.1, 0.15) is 24.4 Å². The first-order valence-corrected chi connectivity index (χ1v) is 7.84. The molecule has 1 heterocycles. The van der Waals surface area contributed by atoms with Gasteiger partial charge in [0.2, 0.25) is 5.91 Å². The zero-order valence-electron chi connectivity index (χ0n) is 13.2. The highest BCUT2D eigenvalue weighted by atomic mass is 16.5. The average molecular weight is 337 g/mol. The van der Waals surface area contributed by atoms with Gasteiger partial charge in [-0.1, -0.05) is 30.3 Å². The van der Waals surface area contributed by atoms with Crippen LogP contribution in [0.15, 0.2) is 36.4 Å². The quantitative estimate of drug-likeness (QED) is 0.427. The molecule has 24 heavy (non-hydrogen) atoms. The summed E-state index contributed by atoms with van der Waals surface area (Å²) in [6.07, 6.45) is -2.42. The van der Waals surface area contributed by atoms with Crippen molar-refractivity contribution in [1.29, 1.82) is 0 Å². The summed E-state index contributed by atoms with van der Waals surface area (Å²) in [6.45, 7) is -0.242. The number of aliphatic hydroxyl groups excluding tert-OH is 4. The number of carbonyl (C=O) groups excluding carboxylic acids is 1. The highest BCUT2D eigenvalue weighted by Crippen LogP contribution is 2.22. The van der Waals surface area contributed by atoms with Crippen LogP contribution in [0.25, 0.3) is 6.08 Å². The molecule has 7 nitrogen and oxygen atoms in total. The lowest BCUT2D eigenvalue weighted by Crippen LogP contribution is -2.58. The molecule has 1 saturated heterocycles. The Morgan fingerprint density at radius 3 is 2.42 bits per heavy atom. The number of amides is 1. The van der Waals surface area contributed by atoms with E-state index in [-0.39, 0.29) is 18.9 Å². The Balaban J connectivity index is 1.78. The van der Waals surface area contributed by atoms with Crippen molar-refractivity contribution in [2.45, 2.75) is 36.9 Å². The molecule has 0 spiro atoms. The maximum absolute atomic E-state index is 11.7. The Morgan fingerprint density at radius 1 is 1.08 bits per heavy atom. The molecule has 0 radical (unpaired) electrons. The lowest BCUT2D eigenvalue weighted by Gasteiger charge is -2.40. The van der Waals surface area contributed by atoms with E-state index in [1.807, 2.05) is 30.3 Å². The molecule has 132 valence electrons. The number of carbonyl (C=O) groups is 1. The van der Waals surface area contributed by atoms with Crippen LogP contribution in [-0.2, 0) is 9.53 Å². The summed E-state index contributed by atoms with van der Waals surface area (Å²) in [6, 6.07) is 9.38. The number of benzene rings is 1. The van der Waals surface area contributed by atoms with E-state index in [2.05, 4.69) is 5.32 Å². The number of ether oxygens (including phenoxy) is 1. The first kappa shape index (κ1) is 18.6. The first-order valence-electron chi connectivity index (χ1n) is 7.84. The van der Waals surface area contributed by atoms with Crippen molar-refractivity contribution in [3.05, 3.63) is 42.0 Å². The molecular weight excluding hydrogens is 314 g/mol. The fraction of sp³-hybridized carbons (Fsp3) is 0.471. The van der Waals surface area contributed by atoms with Crippen LogP contribution in [0.5, 0.6) is 0 Å². The van der Waals surface area contributed by atoms with E-state index in [4.69, 9.17) is 9.84 Å². The van der Waals surface area contributed by atoms with E-state index in [9.17, 15) is 20.1 Å². The summed E-state index contributed by atoms with van der Waals surface area (Å²) in [5.41, 5.74) is 0.904. The molecule has 0 unspecified atom stereocenters. The molecule has 1 aromatic rings. The monoisotopic (exact) mass is 337 g/mol. The van der Waals surface area contributed by atoms with Crippen molar-refractivity contribution in [2.75, 3.05) is 13.2 Å². The van der Waals surface area contributed by atoms with Crippen molar-refractivity contribution in [1.82, 2.24) is 5.32 Å². The largest absolute Gasteiger partial charge is 0.394 e. The van der Waals surface area contributed by atoms with Crippen LogP contribution >= 0.6 is 0 Å². The minimum absolute atomic E-state index is 0.223. The van der Waals surface area contributed by atoms with Gasteiger partial charge in [-0.15, -0.1) is 0 Å². The first-order chi connectivity index (χ1) is 11.5. The van der Waals surface area contributed by atoms with Crippen LogP contribution in [0.4, 0.5) is 0 Å². The predicted octanol–water partition coefficient (Wildman–Crippen LogP) is -0.952. The summed E-state index contributed by atoms with van der Waals surface area (Å²) >= 11 is 0. The Morgan fingerprint density at radius 2 is 1.75 bits per heavy atom. The van der Waals surface area contributed by atoms with Gasteiger partial charge in [-0.05, 0) is 18.1 Å². The third-order valence-corrected chi connectivity index (χ3v) is 3.95. The van der Waals surface area contributed by atoms with E-state index >= 15 is 0 Å². The fourth-order valence-corrected chi connectivity index (χ4v) is 2.55. The van der Waals surface area contributed by atoms with Crippen molar-refractivity contribution in [3.8, 4) is 0 Å². The minimum atomic E-state index is -1.39. The van der Waals surface area contributed by atoms with Gasteiger partial charge in [-0.25, -0.2) is 0 Å². The van der Waals surface area contributed by atoms with Gasteiger partial charge >= 0.3 is 0 Å². The molecule has 2 rings (SSSR count). The number of nitrogens with one attached hydrogen (secondary N) is 1. The van der Waals surface area contributed by atoms with Crippen LogP contribution in [0, 0.1) is 0 Å². The number of rotatable bonds is 6. The number of hydrogen-bond acceptors (Lipinski definition) is 6. The lowest BCUT2D eigenvalue weighted by molar-refractivity contribution is -0.229. The molecule has 1 fully saturated rings. The van der Waals surface area contributed by atoms with Crippen molar-refractivity contribution < 1.29 is 30.0 Å². The zero-order chi connectivity index (χ0) is 17.5. The Bertz CT molecular complexity index is 547. The number of hydrogen-bond donors (Lipinski definition) is 5. The molecule has 0 bridgehead atoms. The lowest BCUT2D eigenvalue weighted by atomic mass is 9.93. The Labute approximate surface area is 140 Å². The van der Waals surface area contributed by atoms with Gasteiger partial charge in [0.15, 0.2) is 0 Å². The normalized spacial score (nSPS) is 30.4. The summed E-state index contributed by atoms with van der Waals surface area (Å²) in [4.78, 5) is 11.7. The fourth-order valence-electron chi connectivity index (χ4n) is 2.55. The maximum Gasteiger partial charge on any atom is 0.244 e. The second-order valence-electron chi connectivity index (χ2n) is 5.69. The average Bonchev–Trinajstić information content (AvgIpc) is 2.61. The minimum Gasteiger partial charge on any atom is -0.394 e. The smallest absolute Gasteiger partial charge is 0.244 e. The third kappa shape index (κ3) is 4.86. The van der Waals surface area contributed by atoms with Gasteiger partial charge in [-0.2, -0.15) is 0 Å². The SMILES string of the molecule is O=C(/C=C/c1ccccc1)NCC[C@H]1O[C@H](CO)[C@H](O)[C@H](O)[C@H]1O. The van der Waals surface area contributed by atoms with Crippen LogP contribution in [0.3, 0.4) is 0 Å². The summed E-state index contributed by atoms with van der Waals surface area (Å²) in [5, 5.41) is 41.1. The van der Waals surface area contributed by atoms with E-state index < -0.39 is 37.1 Å². The molecule has 5 N–H and O–H groups in total. The Kier molecular flexibility index (Phi) is 6.89. The van der Waals surface area contributed by atoms with Crippen LogP contribution < -0.4 is 5.32 Å². The van der Waals surface area contributed by atoms with E-state index in [1.54, 1.807) is 6.08 Å². The summed E-state index contributed by atoms with van der Waals surface area (Å²) in [5.74, 6) is -0.288. The molecule has 1 aliphatic heterocycles. The highest BCUT2D eigenvalue weighted by Gasteiger charge is 2.42. The topological polar surface area (TPSA) is 119 Å². The van der Waals surface area contributed by atoms with Gasteiger partial charge in [-0.3, -0.25) is 4.79 Å². The highest BCUT2D eigenvalue weighted by molar-refractivity contribution is 5.91. The van der Waals surface area contributed by atoms with E-state index in [1.165, 1.54) is 6.08 Å². The second-order valence-corrected chi connectivity index (χ2v) is 5.69. The molecule has 0 aromatic heterocycles. The van der Waals surface area contributed by atoms with E-state index in [0.29, 0.717) is 0 Å². The van der Waals surface area contributed by atoms with E-state index in [0.717, 1.165) is 5.56 Å². The third-order valence-electron chi connectivity index (χ3n) is 3.95. The van der Waals surface area contributed by atoms with Crippen LogP contribution in [0.1, 0.15) is 12.0 Å². The Hall–Kier alpha value is -1.77. The zero-order valence-corrected chi connectivity index (χ0v) is 13.2. The molecule has 0 aliphatic carbocycles. The maximum atomic E-state index is 11.7. The molecule has 7 heteroatoms.